The molecule has 1 aliphatic heterocycles. The topological polar surface area (TPSA) is 57.7 Å². The van der Waals surface area contributed by atoms with Crippen molar-refractivity contribution >= 4 is 27.3 Å². The molecule has 1 aromatic heterocycles. The Balaban J connectivity index is 1.48. The van der Waals surface area contributed by atoms with Crippen molar-refractivity contribution < 1.29 is 22.0 Å². The highest BCUT2D eigenvalue weighted by atomic mass is 32.2. The minimum atomic E-state index is -3.96. The Labute approximate surface area is 177 Å². The van der Waals surface area contributed by atoms with E-state index in [1.807, 2.05) is 41.8 Å². The summed E-state index contributed by atoms with van der Waals surface area (Å²) in [6, 6.07) is 14.0. The van der Waals surface area contributed by atoms with Gasteiger partial charge in [-0.15, -0.1) is 11.3 Å². The number of rotatable bonds is 4. The normalized spacial score (nSPS) is 15.3. The highest BCUT2D eigenvalue weighted by molar-refractivity contribution is 7.89. The zero-order valence-electron chi connectivity index (χ0n) is 15.8. The van der Waals surface area contributed by atoms with Crippen molar-refractivity contribution in [2.75, 3.05) is 26.2 Å². The number of amides is 1. The van der Waals surface area contributed by atoms with Gasteiger partial charge in [0.25, 0.3) is 5.91 Å². The number of hydrogen-bond donors (Lipinski definition) is 0. The van der Waals surface area contributed by atoms with E-state index in [1.165, 1.54) is 15.6 Å². The molecule has 0 unspecified atom stereocenters. The average molecular weight is 449 g/mol. The quantitative estimate of drug-likeness (QED) is 0.609. The fraction of sp³-hybridized carbons (Fsp3) is 0.190. The average Bonchev–Trinajstić information content (AvgIpc) is 3.25. The third-order valence-corrected chi connectivity index (χ3v) is 7.80. The number of carbonyl (C=O) groups excluding carboxylic acids is 1. The van der Waals surface area contributed by atoms with Crippen LogP contribution in [0.15, 0.2) is 64.9 Å². The minimum Gasteiger partial charge on any atom is -0.335 e. The number of halogens is 2. The Morgan fingerprint density at radius 1 is 0.900 bits per heavy atom. The smallest absolute Gasteiger partial charge is 0.264 e. The predicted molar refractivity (Wildman–Crippen MR) is 111 cm³/mol. The molecule has 3 aromatic rings. The minimum absolute atomic E-state index is 0.0825. The summed E-state index contributed by atoms with van der Waals surface area (Å²) in [5.41, 5.74) is 1.80. The van der Waals surface area contributed by atoms with Crippen LogP contribution in [0.1, 0.15) is 9.67 Å². The monoisotopic (exact) mass is 448 g/mol. The van der Waals surface area contributed by atoms with E-state index in [1.54, 1.807) is 4.90 Å². The SMILES string of the molecule is O=C(c1sccc1-c1ccccc1)N1CCN(S(=O)(=O)c2ccc(F)c(F)c2)CC1. The van der Waals surface area contributed by atoms with Crippen LogP contribution in [-0.2, 0) is 10.0 Å². The summed E-state index contributed by atoms with van der Waals surface area (Å²) in [7, 11) is -3.96. The van der Waals surface area contributed by atoms with E-state index in [2.05, 4.69) is 0 Å². The van der Waals surface area contributed by atoms with E-state index in [9.17, 15) is 22.0 Å². The Kier molecular flexibility index (Phi) is 5.68. The molecule has 0 radical (unpaired) electrons. The maximum atomic E-state index is 13.5. The Bertz CT molecular complexity index is 1170. The molecule has 0 aliphatic carbocycles. The van der Waals surface area contributed by atoms with Gasteiger partial charge in [-0.3, -0.25) is 4.79 Å². The maximum Gasteiger partial charge on any atom is 0.264 e. The molecule has 1 saturated heterocycles. The number of thiophene rings is 1. The summed E-state index contributed by atoms with van der Waals surface area (Å²) in [5, 5.41) is 1.86. The first-order chi connectivity index (χ1) is 14.4. The zero-order valence-corrected chi connectivity index (χ0v) is 17.4. The molecule has 0 spiro atoms. The highest BCUT2D eigenvalue weighted by Crippen LogP contribution is 2.30. The van der Waals surface area contributed by atoms with Crippen molar-refractivity contribution in [2.45, 2.75) is 4.90 Å². The first kappa shape index (κ1) is 20.6. The molecule has 4 rings (SSSR count). The van der Waals surface area contributed by atoms with Crippen molar-refractivity contribution in [3.63, 3.8) is 0 Å². The summed E-state index contributed by atoms with van der Waals surface area (Å²) in [6.07, 6.45) is 0. The van der Waals surface area contributed by atoms with Crippen molar-refractivity contribution in [3.8, 4) is 11.1 Å². The van der Waals surface area contributed by atoms with E-state index in [0.29, 0.717) is 10.9 Å². The van der Waals surface area contributed by atoms with Crippen LogP contribution in [0.5, 0.6) is 0 Å². The van der Waals surface area contributed by atoms with Crippen molar-refractivity contribution in [2.24, 2.45) is 0 Å². The van der Waals surface area contributed by atoms with Gasteiger partial charge >= 0.3 is 0 Å². The lowest BCUT2D eigenvalue weighted by Gasteiger charge is -2.34. The Morgan fingerprint density at radius 2 is 1.60 bits per heavy atom. The van der Waals surface area contributed by atoms with Gasteiger partial charge in [0, 0.05) is 31.7 Å². The fourth-order valence-corrected chi connectivity index (χ4v) is 5.70. The van der Waals surface area contributed by atoms with Gasteiger partial charge in [0.2, 0.25) is 10.0 Å². The van der Waals surface area contributed by atoms with Gasteiger partial charge in [0.05, 0.1) is 9.77 Å². The molecule has 2 heterocycles. The molecule has 1 aliphatic rings. The summed E-state index contributed by atoms with van der Waals surface area (Å²) < 4.78 is 53.3. The van der Waals surface area contributed by atoms with Crippen LogP contribution in [0, 0.1) is 11.6 Å². The van der Waals surface area contributed by atoms with Crippen LogP contribution in [0.3, 0.4) is 0 Å². The standard InChI is InChI=1S/C21H18F2N2O3S2/c22-18-7-6-16(14-19(18)23)30(27,28)25-11-9-24(10-12-25)21(26)20-17(8-13-29-20)15-4-2-1-3-5-15/h1-8,13-14H,9-12H2. The number of benzene rings is 2. The molecular formula is C21H18F2N2O3S2. The second kappa shape index (κ2) is 8.25. The van der Waals surface area contributed by atoms with Gasteiger partial charge in [0.1, 0.15) is 0 Å². The van der Waals surface area contributed by atoms with Gasteiger partial charge in [-0.25, -0.2) is 17.2 Å². The second-order valence-electron chi connectivity index (χ2n) is 6.80. The third kappa shape index (κ3) is 3.88. The zero-order chi connectivity index (χ0) is 21.3. The van der Waals surface area contributed by atoms with Gasteiger partial charge < -0.3 is 4.90 Å². The van der Waals surface area contributed by atoms with Crippen LogP contribution >= 0.6 is 11.3 Å². The lowest BCUT2D eigenvalue weighted by Crippen LogP contribution is -2.50. The van der Waals surface area contributed by atoms with Gasteiger partial charge in [-0.05, 0) is 35.2 Å². The number of piperazine rings is 1. The Morgan fingerprint density at radius 3 is 2.27 bits per heavy atom. The molecule has 156 valence electrons. The third-order valence-electron chi connectivity index (χ3n) is 5.00. The molecule has 0 bridgehead atoms. The summed E-state index contributed by atoms with van der Waals surface area (Å²) in [5.74, 6) is -2.46. The molecule has 9 heteroatoms. The lowest BCUT2D eigenvalue weighted by molar-refractivity contribution is 0.0703. The van der Waals surface area contributed by atoms with Crippen molar-refractivity contribution in [1.82, 2.24) is 9.21 Å². The van der Waals surface area contributed by atoms with Crippen LogP contribution in [0.25, 0.3) is 11.1 Å². The summed E-state index contributed by atoms with van der Waals surface area (Å²) in [6.45, 7) is 0.597. The number of hydrogen-bond acceptors (Lipinski definition) is 4. The van der Waals surface area contributed by atoms with Gasteiger partial charge in [-0.1, -0.05) is 30.3 Å². The van der Waals surface area contributed by atoms with Crippen molar-refractivity contribution in [1.29, 1.82) is 0 Å². The predicted octanol–water partition coefficient (Wildman–Crippen LogP) is 3.84. The van der Waals surface area contributed by atoms with E-state index in [-0.39, 0.29) is 37.0 Å². The number of nitrogens with zero attached hydrogens (tertiary/aromatic N) is 2. The molecule has 1 amide bonds. The van der Waals surface area contributed by atoms with Crippen LogP contribution in [0.2, 0.25) is 0 Å². The highest BCUT2D eigenvalue weighted by Gasteiger charge is 2.32. The number of carbonyl (C=O) groups is 1. The molecule has 0 atom stereocenters. The van der Waals surface area contributed by atoms with Crippen LogP contribution < -0.4 is 0 Å². The van der Waals surface area contributed by atoms with E-state index in [4.69, 9.17) is 0 Å². The molecule has 30 heavy (non-hydrogen) atoms. The fourth-order valence-electron chi connectivity index (χ4n) is 3.38. The second-order valence-corrected chi connectivity index (χ2v) is 9.66. The van der Waals surface area contributed by atoms with Gasteiger partial charge in [-0.2, -0.15) is 4.31 Å². The first-order valence-corrected chi connectivity index (χ1v) is 11.6. The molecule has 0 N–H and O–H groups in total. The Hall–Kier alpha value is -2.62. The summed E-state index contributed by atoms with van der Waals surface area (Å²) >= 11 is 1.35. The molecule has 1 fully saturated rings. The molecule has 2 aromatic carbocycles. The first-order valence-electron chi connectivity index (χ1n) is 9.25. The van der Waals surface area contributed by atoms with E-state index in [0.717, 1.165) is 23.3 Å². The van der Waals surface area contributed by atoms with Crippen molar-refractivity contribution in [3.05, 3.63) is 76.5 Å². The number of sulfonamides is 1. The lowest BCUT2D eigenvalue weighted by atomic mass is 10.1. The van der Waals surface area contributed by atoms with E-state index < -0.39 is 21.7 Å². The van der Waals surface area contributed by atoms with Gasteiger partial charge in [0.15, 0.2) is 11.6 Å². The summed E-state index contributed by atoms with van der Waals surface area (Å²) in [4.78, 5) is 15.0. The molecule has 5 nitrogen and oxygen atoms in total. The van der Waals surface area contributed by atoms with E-state index >= 15 is 0 Å². The molecular weight excluding hydrogens is 430 g/mol. The largest absolute Gasteiger partial charge is 0.335 e. The molecule has 0 saturated carbocycles. The van der Waals surface area contributed by atoms with Crippen LogP contribution in [-0.4, -0.2) is 49.7 Å². The maximum absolute atomic E-state index is 13.5. The van der Waals surface area contributed by atoms with Crippen LogP contribution in [0.4, 0.5) is 8.78 Å².